The van der Waals surface area contributed by atoms with Crippen molar-refractivity contribution in [3.63, 3.8) is 0 Å². The van der Waals surface area contributed by atoms with Gasteiger partial charge in [-0.05, 0) is 12.0 Å². The Labute approximate surface area is 117 Å². The number of aryl methyl sites for hydroxylation is 1. The Hall–Kier alpha value is -2.42. The van der Waals surface area contributed by atoms with Gasteiger partial charge in [0.25, 0.3) is 0 Å². The van der Waals surface area contributed by atoms with E-state index in [2.05, 4.69) is 52.2 Å². The van der Waals surface area contributed by atoms with Crippen LogP contribution in [0.15, 0.2) is 60.7 Å². The summed E-state index contributed by atoms with van der Waals surface area (Å²) in [5.74, 6) is 2.30. The summed E-state index contributed by atoms with van der Waals surface area (Å²) in [5.41, 5.74) is 2.42. The Morgan fingerprint density at radius 2 is 1.60 bits per heavy atom. The van der Waals surface area contributed by atoms with Gasteiger partial charge in [0.1, 0.15) is 5.82 Å². The molecule has 2 aromatic carbocycles. The minimum Gasteiger partial charge on any atom is -0.249 e. The molecule has 1 atom stereocenters. The van der Waals surface area contributed by atoms with Crippen molar-refractivity contribution in [2.75, 3.05) is 0 Å². The maximum absolute atomic E-state index is 4.77. The summed E-state index contributed by atoms with van der Waals surface area (Å²) in [5, 5.41) is 4.64. The first-order valence-electron chi connectivity index (χ1n) is 6.97. The van der Waals surface area contributed by atoms with Crippen LogP contribution in [0.1, 0.15) is 23.7 Å². The van der Waals surface area contributed by atoms with Crippen LogP contribution in [0.2, 0.25) is 0 Å². The number of nitrogens with zero attached hydrogens (tertiary/aromatic N) is 3. The van der Waals surface area contributed by atoms with Crippen molar-refractivity contribution in [3.8, 4) is 11.4 Å². The standard InChI is InChI=1S/C17H15N3/c1-3-7-13(8-4-1)15-11-12-20-17(15)18-16(19-20)14-9-5-2-6-10-14/h1-10,15H,11-12H2. The monoisotopic (exact) mass is 261 g/mol. The lowest BCUT2D eigenvalue weighted by molar-refractivity contribution is 0.651. The van der Waals surface area contributed by atoms with Crippen molar-refractivity contribution >= 4 is 0 Å². The minimum atomic E-state index is 0.376. The maximum atomic E-state index is 4.77. The summed E-state index contributed by atoms with van der Waals surface area (Å²) in [7, 11) is 0. The summed E-state index contributed by atoms with van der Waals surface area (Å²) in [4.78, 5) is 4.77. The molecule has 3 heteroatoms. The highest BCUT2D eigenvalue weighted by Crippen LogP contribution is 2.33. The fourth-order valence-electron chi connectivity index (χ4n) is 2.87. The van der Waals surface area contributed by atoms with E-state index in [1.54, 1.807) is 0 Å². The zero-order valence-corrected chi connectivity index (χ0v) is 11.1. The van der Waals surface area contributed by atoms with Gasteiger partial charge in [-0.15, -0.1) is 0 Å². The fraction of sp³-hybridized carbons (Fsp3) is 0.176. The van der Waals surface area contributed by atoms with Crippen LogP contribution in [-0.4, -0.2) is 14.8 Å². The highest BCUT2D eigenvalue weighted by atomic mass is 15.4. The van der Waals surface area contributed by atoms with Crippen molar-refractivity contribution in [1.82, 2.24) is 14.8 Å². The van der Waals surface area contributed by atoms with Gasteiger partial charge in [0.05, 0.1) is 0 Å². The lowest BCUT2D eigenvalue weighted by Crippen LogP contribution is -1.98. The van der Waals surface area contributed by atoms with Gasteiger partial charge in [-0.2, -0.15) is 5.10 Å². The Kier molecular flexibility index (Phi) is 2.62. The molecule has 0 radical (unpaired) electrons. The predicted molar refractivity (Wildman–Crippen MR) is 78.4 cm³/mol. The van der Waals surface area contributed by atoms with Gasteiger partial charge >= 0.3 is 0 Å². The smallest absolute Gasteiger partial charge is 0.181 e. The van der Waals surface area contributed by atoms with Gasteiger partial charge in [0.15, 0.2) is 5.82 Å². The van der Waals surface area contributed by atoms with Gasteiger partial charge in [0.2, 0.25) is 0 Å². The molecule has 1 aliphatic rings. The Balaban J connectivity index is 1.74. The van der Waals surface area contributed by atoms with Crippen molar-refractivity contribution < 1.29 is 0 Å². The third-order valence-electron chi connectivity index (χ3n) is 3.88. The number of fused-ring (bicyclic) bond motifs is 1. The van der Waals surface area contributed by atoms with Gasteiger partial charge in [0, 0.05) is 18.0 Å². The molecule has 3 aromatic rings. The lowest BCUT2D eigenvalue weighted by Gasteiger charge is -2.07. The topological polar surface area (TPSA) is 30.7 Å². The maximum Gasteiger partial charge on any atom is 0.181 e. The van der Waals surface area contributed by atoms with E-state index in [4.69, 9.17) is 4.98 Å². The third-order valence-corrected chi connectivity index (χ3v) is 3.88. The summed E-state index contributed by atoms with van der Waals surface area (Å²) in [6.45, 7) is 0.953. The molecule has 0 fully saturated rings. The molecule has 4 rings (SSSR count). The van der Waals surface area contributed by atoms with Crippen LogP contribution in [0.3, 0.4) is 0 Å². The molecule has 0 N–H and O–H groups in total. The first-order valence-corrected chi connectivity index (χ1v) is 6.97. The van der Waals surface area contributed by atoms with Crippen LogP contribution < -0.4 is 0 Å². The SMILES string of the molecule is c1ccc(-c2nc3n(n2)CCC3c2ccccc2)cc1. The molecule has 0 spiro atoms. The summed E-state index contributed by atoms with van der Waals surface area (Å²) < 4.78 is 2.06. The van der Waals surface area contributed by atoms with Crippen molar-refractivity contribution in [2.45, 2.75) is 18.9 Å². The molecular formula is C17H15N3. The van der Waals surface area contributed by atoms with E-state index in [0.29, 0.717) is 5.92 Å². The molecule has 0 amide bonds. The molecule has 2 heterocycles. The molecule has 1 unspecified atom stereocenters. The minimum absolute atomic E-state index is 0.376. The molecule has 0 bridgehead atoms. The van der Waals surface area contributed by atoms with Crippen LogP contribution in [-0.2, 0) is 6.54 Å². The van der Waals surface area contributed by atoms with E-state index < -0.39 is 0 Å². The Bertz CT molecular complexity index is 717. The normalized spacial score (nSPS) is 17.1. The van der Waals surface area contributed by atoms with Gasteiger partial charge in [-0.3, -0.25) is 0 Å². The van der Waals surface area contributed by atoms with Gasteiger partial charge in [-0.25, -0.2) is 9.67 Å². The second-order valence-corrected chi connectivity index (χ2v) is 5.13. The third kappa shape index (κ3) is 1.83. The van der Waals surface area contributed by atoms with Crippen LogP contribution in [0.25, 0.3) is 11.4 Å². The predicted octanol–water partition coefficient (Wildman–Crippen LogP) is 3.48. The molecule has 0 saturated carbocycles. The molecule has 20 heavy (non-hydrogen) atoms. The number of rotatable bonds is 2. The van der Waals surface area contributed by atoms with Gasteiger partial charge in [-0.1, -0.05) is 60.7 Å². The van der Waals surface area contributed by atoms with Crippen LogP contribution in [0.5, 0.6) is 0 Å². The van der Waals surface area contributed by atoms with E-state index in [1.165, 1.54) is 5.56 Å². The lowest BCUT2D eigenvalue weighted by atomic mass is 9.97. The zero-order valence-electron chi connectivity index (χ0n) is 11.1. The fourth-order valence-corrected chi connectivity index (χ4v) is 2.87. The van der Waals surface area contributed by atoms with Gasteiger partial charge < -0.3 is 0 Å². The van der Waals surface area contributed by atoms with Crippen LogP contribution >= 0.6 is 0 Å². The molecular weight excluding hydrogens is 246 g/mol. The number of hydrogen-bond donors (Lipinski definition) is 0. The molecule has 1 aliphatic heterocycles. The largest absolute Gasteiger partial charge is 0.249 e. The van der Waals surface area contributed by atoms with E-state index >= 15 is 0 Å². The Morgan fingerprint density at radius 1 is 0.900 bits per heavy atom. The molecule has 0 saturated heterocycles. The van der Waals surface area contributed by atoms with Crippen molar-refractivity contribution in [2.24, 2.45) is 0 Å². The molecule has 98 valence electrons. The average Bonchev–Trinajstić information content (AvgIpc) is 3.09. The number of benzene rings is 2. The first kappa shape index (κ1) is 11.4. The molecule has 3 nitrogen and oxygen atoms in total. The Morgan fingerprint density at radius 3 is 2.35 bits per heavy atom. The van der Waals surface area contributed by atoms with Crippen LogP contribution in [0.4, 0.5) is 0 Å². The summed E-state index contributed by atoms with van der Waals surface area (Å²) in [6, 6.07) is 20.8. The second kappa shape index (κ2) is 4.60. The highest BCUT2D eigenvalue weighted by molar-refractivity contribution is 5.54. The van der Waals surface area contributed by atoms with E-state index in [-0.39, 0.29) is 0 Å². The summed E-state index contributed by atoms with van der Waals surface area (Å²) >= 11 is 0. The molecule has 1 aromatic heterocycles. The second-order valence-electron chi connectivity index (χ2n) is 5.13. The number of aromatic nitrogens is 3. The highest BCUT2D eigenvalue weighted by Gasteiger charge is 2.27. The van der Waals surface area contributed by atoms with E-state index in [0.717, 1.165) is 30.2 Å². The first-order chi connectivity index (χ1) is 9.92. The van der Waals surface area contributed by atoms with Crippen molar-refractivity contribution in [1.29, 1.82) is 0 Å². The van der Waals surface area contributed by atoms with Crippen LogP contribution in [0, 0.1) is 0 Å². The van der Waals surface area contributed by atoms with E-state index in [1.807, 2.05) is 18.2 Å². The van der Waals surface area contributed by atoms with Crippen molar-refractivity contribution in [3.05, 3.63) is 72.1 Å². The number of hydrogen-bond acceptors (Lipinski definition) is 2. The summed E-state index contributed by atoms with van der Waals surface area (Å²) in [6.07, 6.45) is 1.09. The average molecular weight is 261 g/mol. The van der Waals surface area contributed by atoms with E-state index in [9.17, 15) is 0 Å². The quantitative estimate of drug-likeness (QED) is 0.707. The molecule has 0 aliphatic carbocycles. The zero-order chi connectivity index (χ0) is 13.4.